The first-order chi connectivity index (χ1) is 8.14. The van der Waals surface area contributed by atoms with Crippen LogP contribution in [0.3, 0.4) is 0 Å². The summed E-state index contributed by atoms with van der Waals surface area (Å²) in [6, 6.07) is 1.34. The highest BCUT2D eigenvalue weighted by atomic mass is 32.2. The quantitative estimate of drug-likeness (QED) is 0.759. The fourth-order valence-corrected chi connectivity index (χ4v) is 4.07. The van der Waals surface area contributed by atoms with Crippen LogP contribution >= 0.6 is 0 Å². The third kappa shape index (κ3) is 1.89. The van der Waals surface area contributed by atoms with E-state index in [0.29, 0.717) is 11.3 Å². The van der Waals surface area contributed by atoms with Crippen molar-refractivity contribution in [3.8, 4) is 0 Å². The number of rotatable bonds is 1. The fourth-order valence-electron chi connectivity index (χ4n) is 1.87. The molecule has 3 N–H and O–H groups in total. The number of aryl methyl sites for hydroxylation is 1. The van der Waals surface area contributed by atoms with Crippen molar-refractivity contribution < 1.29 is 16.8 Å². The molecule has 0 saturated carbocycles. The monoisotopic (exact) mass is 289 g/mol. The minimum absolute atomic E-state index is 0.0717. The van der Waals surface area contributed by atoms with Gasteiger partial charge < -0.3 is 5.32 Å². The Morgan fingerprint density at radius 1 is 1.33 bits per heavy atom. The Labute approximate surface area is 105 Å². The van der Waals surface area contributed by atoms with Crippen LogP contribution in [0, 0.1) is 13.8 Å². The maximum absolute atomic E-state index is 11.9. The molecule has 0 fully saturated rings. The summed E-state index contributed by atoms with van der Waals surface area (Å²) in [5.74, 6) is 0. The van der Waals surface area contributed by atoms with Crippen molar-refractivity contribution in [3.63, 3.8) is 0 Å². The number of nitrogens with one attached hydrogen (secondary N) is 1. The van der Waals surface area contributed by atoms with E-state index in [2.05, 4.69) is 9.71 Å². The molecule has 2 rings (SSSR count). The predicted molar refractivity (Wildman–Crippen MR) is 66.6 cm³/mol. The van der Waals surface area contributed by atoms with E-state index in [0.717, 1.165) is 6.34 Å². The van der Waals surface area contributed by atoms with Crippen molar-refractivity contribution in [1.29, 1.82) is 0 Å². The van der Waals surface area contributed by atoms with Crippen LogP contribution < -0.4 is 10.5 Å². The summed E-state index contributed by atoms with van der Waals surface area (Å²) in [6.07, 6.45) is 1.06. The van der Waals surface area contributed by atoms with Gasteiger partial charge in [0.05, 0.1) is 10.6 Å². The van der Waals surface area contributed by atoms with Gasteiger partial charge in [-0.3, -0.25) is 0 Å². The summed E-state index contributed by atoms with van der Waals surface area (Å²) in [5.41, 5.74) is 0.867. The Kier molecular flexibility index (Phi) is 2.72. The van der Waals surface area contributed by atoms with E-state index in [1.165, 1.54) is 13.0 Å². The van der Waals surface area contributed by atoms with E-state index in [1.54, 1.807) is 6.92 Å². The second kappa shape index (κ2) is 3.77. The number of fused-ring (bicyclic) bond motifs is 1. The standard InChI is InChI=1S/C9H11N3O4S2/c1-5-3-7(17(10,13)14)6(2)9-8(5)11-4-12-18(9,15)16/h3-4H,1-2H3,(H,11,12)(H2,10,13,14). The molecular weight excluding hydrogens is 278 g/mol. The second-order valence-corrected chi connectivity index (χ2v) is 7.02. The normalized spacial score (nSPS) is 17.1. The zero-order valence-electron chi connectivity index (χ0n) is 9.63. The molecule has 0 aromatic heterocycles. The Morgan fingerprint density at radius 2 is 1.94 bits per heavy atom. The van der Waals surface area contributed by atoms with Gasteiger partial charge in [0, 0.05) is 0 Å². The maximum atomic E-state index is 11.9. The molecule has 0 aliphatic carbocycles. The molecule has 1 aromatic rings. The molecule has 0 spiro atoms. The van der Waals surface area contributed by atoms with Crippen LogP contribution in [0.15, 0.2) is 20.3 Å². The van der Waals surface area contributed by atoms with Crippen molar-refractivity contribution in [3.05, 3.63) is 17.2 Å². The number of nitrogens with zero attached hydrogens (tertiary/aromatic N) is 1. The van der Waals surface area contributed by atoms with Crippen LogP contribution in [-0.2, 0) is 20.0 Å². The van der Waals surface area contributed by atoms with E-state index >= 15 is 0 Å². The third-order valence-corrected chi connectivity index (χ3v) is 5.09. The highest BCUT2D eigenvalue weighted by Crippen LogP contribution is 2.35. The number of nitrogens with two attached hydrogens (primary N) is 1. The Hall–Kier alpha value is -1.45. The van der Waals surface area contributed by atoms with Gasteiger partial charge in [-0.25, -0.2) is 13.6 Å². The maximum Gasteiger partial charge on any atom is 0.286 e. The number of anilines is 1. The number of hydrogen-bond donors (Lipinski definition) is 2. The van der Waals surface area contributed by atoms with E-state index in [1.807, 2.05) is 0 Å². The first-order valence-corrected chi connectivity index (χ1v) is 7.85. The summed E-state index contributed by atoms with van der Waals surface area (Å²) < 4.78 is 49.9. The zero-order chi connectivity index (χ0) is 13.7. The average Bonchev–Trinajstić information content (AvgIpc) is 2.20. The molecule has 98 valence electrons. The van der Waals surface area contributed by atoms with E-state index in [-0.39, 0.29) is 15.4 Å². The van der Waals surface area contributed by atoms with Crippen molar-refractivity contribution in [1.82, 2.24) is 0 Å². The van der Waals surface area contributed by atoms with Gasteiger partial charge in [-0.05, 0) is 31.0 Å². The van der Waals surface area contributed by atoms with Crippen molar-refractivity contribution in [2.24, 2.45) is 9.54 Å². The lowest BCUT2D eigenvalue weighted by Crippen LogP contribution is -2.19. The summed E-state index contributed by atoms with van der Waals surface area (Å²) in [4.78, 5) is -0.352. The van der Waals surface area contributed by atoms with Crippen LogP contribution in [0.4, 0.5) is 5.69 Å². The summed E-state index contributed by atoms with van der Waals surface area (Å²) >= 11 is 0. The minimum Gasteiger partial charge on any atom is -0.344 e. The van der Waals surface area contributed by atoms with Gasteiger partial charge in [0.2, 0.25) is 10.0 Å². The van der Waals surface area contributed by atoms with E-state index in [9.17, 15) is 16.8 Å². The molecule has 0 atom stereocenters. The smallest absolute Gasteiger partial charge is 0.286 e. The lowest BCUT2D eigenvalue weighted by Gasteiger charge is -2.19. The van der Waals surface area contributed by atoms with Crippen LogP contribution in [-0.4, -0.2) is 23.2 Å². The average molecular weight is 289 g/mol. The molecule has 1 aliphatic heterocycles. The molecule has 0 amide bonds. The number of sulfonamides is 2. The lowest BCUT2D eigenvalue weighted by atomic mass is 10.1. The molecule has 1 aromatic carbocycles. The van der Waals surface area contributed by atoms with Crippen LogP contribution in [0.1, 0.15) is 11.1 Å². The number of benzene rings is 1. The van der Waals surface area contributed by atoms with Gasteiger partial charge >= 0.3 is 0 Å². The second-order valence-electron chi connectivity index (χ2n) is 3.92. The summed E-state index contributed by atoms with van der Waals surface area (Å²) in [6.45, 7) is 2.98. The Morgan fingerprint density at radius 3 is 2.50 bits per heavy atom. The molecule has 9 heteroatoms. The molecule has 0 saturated heterocycles. The Bertz CT molecular complexity index is 763. The summed E-state index contributed by atoms with van der Waals surface area (Å²) in [7, 11) is -7.87. The third-order valence-electron chi connectivity index (χ3n) is 2.64. The first kappa shape index (κ1) is 13.0. The van der Waals surface area contributed by atoms with Crippen LogP contribution in [0.5, 0.6) is 0 Å². The Balaban J connectivity index is 2.96. The molecule has 1 aliphatic rings. The van der Waals surface area contributed by atoms with Crippen molar-refractivity contribution in [2.45, 2.75) is 23.6 Å². The molecular formula is C9H11N3O4S2. The van der Waals surface area contributed by atoms with Gasteiger partial charge in [-0.15, -0.1) is 4.40 Å². The lowest BCUT2D eigenvalue weighted by molar-refractivity contribution is 0.594. The molecule has 0 bridgehead atoms. The van der Waals surface area contributed by atoms with Crippen LogP contribution in [0.2, 0.25) is 0 Å². The molecule has 1 heterocycles. The topological polar surface area (TPSA) is 119 Å². The van der Waals surface area contributed by atoms with Gasteiger partial charge in [-0.1, -0.05) is 0 Å². The van der Waals surface area contributed by atoms with Gasteiger partial charge in [-0.2, -0.15) is 8.42 Å². The number of primary sulfonamides is 1. The largest absolute Gasteiger partial charge is 0.344 e. The van der Waals surface area contributed by atoms with Crippen molar-refractivity contribution >= 4 is 32.1 Å². The van der Waals surface area contributed by atoms with E-state index < -0.39 is 20.0 Å². The van der Waals surface area contributed by atoms with Gasteiger partial charge in [0.1, 0.15) is 11.2 Å². The zero-order valence-corrected chi connectivity index (χ0v) is 11.3. The highest BCUT2D eigenvalue weighted by molar-refractivity contribution is 7.91. The first-order valence-electron chi connectivity index (χ1n) is 4.87. The predicted octanol–water partition coefficient (Wildman–Crippen LogP) is 0.0933. The molecule has 0 unspecified atom stereocenters. The summed E-state index contributed by atoms with van der Waals surface area (Å²) in [5, 5.41) is 7.77. The van der Waals surface area contributed by atoms with Crippen LogP contribution in [0.25, 0.3) is 0 Å². The van der Waals surface area contributed by atoms with Crippen molar-refractivity contribution in [2.75, 3.05) is 5.32 Å². The SMILES string of the molecule is Cc1cc(S(N)(=O)=O)c(C)c2c1NC=NS2(=O)=O. The highest BCUT2D eigenvalue weighted by Gasteiger charge is 2.29. The van der Waals surface area contributed by atoms with Gasteiger partial charge in [0.15, 0.2) is 0 Å². The molecule has 18 heavy (non-hydrogen) atoms. The van der Waals surface area contributed by atoms with E-state index in [4.69, 9.17) is 5.14 Å². The fraction of sp³-hybridized carbons (Fsp3) is 0.222. The minimum atomic E-state index is -3.98. The number of hydrogen-bond acceptors (Lipinski definition) is 5. The molecule has 7 nitrogen and oxygen atoms in total. The van der Waals surface area contributed by atoms with Gasteiger partial charge in [0.25, 0.3) is 10.0 Å². The molecule has 0 radical (unpaired) electrons.